The van der Waals surface area contributed by atoms with Gasteiger partial charge >= 0.3 is 5.97 Å². The summed E-state index contributed by atoms with van der Waals surface area (Å²) in [6.07, 6.45) is 5.75. The lowest BCUT2D eigenvalue weighted by Crippen LogP contribution is -2.56. The van der Waals surface area contributed by atoms with E-state index in [0.29, 0.717) is 18.1 Å². The number of hydrogen-bond acceptors (Lipinski definition) is 4. The van der Waals surface area contributed by atoms with Crippen LogP contribution in [0.2, 0.25) is 0 Å². The molecule has 0 aromatic heterocycles. The molecule has 0 spiro atoms. The quantitative estimate of drug-likeness (QED) is 0.765. The summed E-state index contributed by atoms with van der Waals surface area (Å²) in [4.78, 5) is 14.8. The van der Waals surface area contributed by atoms with E-state index in [1.54, 1.807) is 0 Å². The number of ether oxygens (including phenoxy) is 1. The molecule has 1 aliphatic heterocycles. The third-order valence-corrected chi connectivity index (χ3v) is 5.17. The van der Waals surface area contributed by atoms with Gasteiger partial charge in [0.05, 0.1) is 7.11 Å². The van der Waals surface area contributed by atoms with E-state index in [9.17, 15) is 4.79 Å². The van der Waals surface area contributed by atoms with Crippen molar-refractivity contribution in [3.8, 4) is 0 Å². The summed E-state index contributed by atoms with van der Waals surface area (Å²) in [5, 5.41) is 3.51. The van der Waals surface area contributed by atoms with Gasteiger partial charge in [-0.3, -0.25) is 15.0 Å². The second kappa shape index (κ2) is 6.66. The SMILES string of the molecule is COC(=O)C(C)(CC(C)N1CC(C)CCC1C)NC1CC1. The molecule has 0 aromatic carbocycles. The summed E-state index contributed by atoms with van der Waals surface area (Å²) < 4.78 is 5.06. The minimum absolute atomic E-state index is 0.126. The molecule has 2 rings (SSSR count). The minimum Gasteiger partial charge on any atom is -0.468 e. The number of hydrogen-bond donors (Lipinski definition) is 1. The van der Waals surface area contributed by atoms with Gasteiger partial charge in [-0.2, -0.15) is 0 Å². The van der Waals surface area contributed by atoms with Crippen LogP contribution in [0.4, 0.5) is 0 Å². The van der Waals surface area contributed by atoms with Crippen molar-refractivity contribution < 1.29 is 9.53 Å². The third kappa shape index (κ3) is 4.19. The molecule has 21 heavy (non-hydrogen) atoms. The number of carbonyl (C=O) groups excluding carboxylic acids is 1. The molecule has 4 nitrogen and oxygen atoms in total. The van der Waals surface area contributed by atoms with Crippen LogP contribution >= 0.6 is 0 Å². The Morgan fingerprint density at radius 2 is 2.00 bits per heavy atom. The molecule has 0 aromatic rings. The summed E-state index contributed by atoms with van der Waals surface area (Å²) in [6, 6.07) is 1.50. The molecule has 4 heteroatoms. The zero-order valence-corrected chi connectivity index (χ0v) is 14.3. The molecule has 1 heterocycles. The lowest BCUT2D eigenvalue weighted by molar-refractivity contribution is -0.149. The van der Waals surface area contributed by atoms with Crippen molar-refractivity contribution in [1.82, 2.24) is 10.2 Å². The Labute approximate surface area is 129 Å². The van der Waals surface area contributed by atoms with E-state index in [1.807, 2.05) is 6.92 Å². The summed E-state index contributed by atoms with van der Waals surface area (Å²) in [5.41, 5.74) is -0.560. The van der Waals surface area contributed by atoms with Crippen LogP contribution < -0.4 is 5.32 Å². The van der Waals surface area contributed by atoms with Gasteiger partial charge in [-0.05, 0) is 58.8 Å². The van der Waals surface area contributed by atoms with Crippen molar-refractivity contribution in [1.29, 1.82) is 0 Å². The first-order valence-electron chi connectivity index (χ1n) is 8.47. The van der Waals surface area contributed by atoms with Gasteiger partial charge in [0.2, 0.25) is 0 Å². The maximum atomic E-state index is 12.3. The lowest BCUT2D eigenvalue weighted by atomic mass is 9.88. The Morgan fingerprint density at radius 3 is 2.57 bits per heavy atom. The largest absolute Gasteiger partial charge is 0.468 e. The fourth-order valence-electron chi connectivity index (χ4n) is 3.75. The van der Waals surface area contributed by atoms with Crippen LogP contribution in [0.5, 0.6) is 0 Å². The molecule has 2 aliphatic rings. The molecule has 4 unspecified atom stereocenters. The highest BCUT2D eigenvalue weighted by atomic mass is 16.5. The molecule has 2 fully saturated rings. The van der Waals surface area contributed by atoms with Gasteiger partial charge < -0.3 is 4.74 Å². The van der Waals surface area contributed by atoms with Crippen molar-refractivity contribution in [2.24, 2.45) is 5.92 Å². The van der Waals surface area contributed by atoms with E-state index in [4.69, 9.17) is 4.74 Å². The first-order chi connectivity index (χ1) is 9.85. The van der Waals surface area contributed by atoms with Crippen LogP contribution in [0.3, 0.4) is 0 Å². The molecule has 1 N–H and O–H groups in total. The number of nitrogens with zero attached hydrogens (tertiary/aromatic N) is 1. The highest BCUT2D eigenvalue weighted by molar-refractivity contribution is 5.80. The smallest absolute Gasteiger partial charge is 0.325 e. The first-order valence-corrected chi connectivity index (χ1v) is 8.47. The van der Waals surface area contributed by atoms with Gasteiger partial charge in [0.25, 0.3) is 0 Å². The molecular weight excluding hydrogens is 264 g/mol. The molecule has 0 bridgehead atoms. The van der Waals surface area contributed by atoms with Crippen LogP contribution in [-0.4, -0.2) is 48.2 Å². The normalized spacial score (nSPS) is 31.5. The van der Waals surface area contributed by atoms with E-state index >= 15 is 0 Å². The standard InChI is InChI=1S/C17H32N2O2/c1-12-6-7-13(2)19(11-12)14(3)10-17(4,16(20)21-5)18-15-8-9-15/h12-15,18H,6-11H2,1-5H3. The summed E-state index contributed by atoms with van der Waals surface area (Å²) in [7, 11) is 1.49. The number of rotatable bonds is 6. The molecule has 1 saturated carbocycles. The Bertz CT molecular complexity index is 370. The second-order valence-corrected chi connectivity index (χ2v) is 7.52. The predicted molar refractivity (Wildman–Crippen MR) is 85.2 cm³/mol. The maximum absolute atomic E-state index is 12.3. The Kier molecular flexibility index (Phi) is 5.31. The summed E-state index contributed by atoms with van der Waals surface area (Å²) in [5.74, 6) is 0.628. The second-order valence-electron chi connectivity index (χ2n) is 7.52. The van der Waals surface area contributed by atoms with Gasteiger partial charge in [0, 0.05) is 24.7 Å². The summed E-state index contributed by atoms with van der Waals surface area (Å²) in [6.45, 7) is 10.0. The maximum Gasteiger partial charge on any atom is 0.325 e. The zero-order chi connectivity index (χ0) is 15.6. The number of carbonyl (C=O) groups is 1. The Morgan fingerprint density at radius 1 is 1.33 bits per heavy atom. The highest BCUT2D eigenvalue weighted by Crippen LogP contribution is 2.30. The fourth-order valence-corrected chi connectivity index (χ4v) is 3.75. The Balaban J connectivity index is 2.02. The van der Waals surface area contributed by atoms with Gasteiger partial charge in [-0.25, -0.2) is 0 Å². The fraction of sp³-hybridized carbons (Fsp3) is 0.941. The zero-order valence-electron chi connectivity index (χ0n) is 14.3. The van der Waals surface area contributed by atoms with Gasteiger partial charge in [0.1, 0.15) is 5.54 Å². The minimum atomic E-state index is -0.560. The number of likely N-dealkylation sites (tertiary alicyclic amines) is 1. The number of piperidine rings is 1. The van der Waals surface area contributed by atoms with Crippen molar-refractivity contribution in [3.63, 3.8) is 0 Å². The third-order valence-electron chi connectivity index (χ3n) is 5.17. The molecule has 122 valence electrons. The van der Waals surface area contributed by atoms with E-state index < -0.39 is 5.54 Å². The monoisotopic (exact) mass is 296 g/mol. The van der Waals surface area contributed by atoms with Crippen molar-refractivity contribution >= 4 is 5.97 Å². The van der Waals surface area contributed by atoms with E-state index in [-0.39, 0.29) is 5.97 Å². The number of methoxy groups -OCH3 is 1. The molecular formula is C17H32N2O2. The molecule has 1 aliphatic carbocycles. The predicted octanol–water partition coefficient (Wildman–Crippen LogP) is 2.57. The van der Waals surface area contributed by atoms with Gasteiger partial charge in [-0.1, -0.05) is 6.92 Å². The van der Waals surface area contributed by atoms with Crippen molar-refractivity contribution in [2.75, 3.05) is 13.7 Å². The summed E-state index contributed by atoms with van der Waals surface area (Å²) >= 11 is 0. The van der Waals surface area contributed by atoms with Gasteiger partial charge in [-0.15, -0.1) is 0 Å². The van der Waals surface area contributed by atoms with Gasteiger partial charge in [0.15, 0.2) is 0 Å². The lowest BCUT2D eigenvalue weighted by Gasteiger charge is -2.43. The molecule has 1 saturated heterocycles. The van der Waals surface area contributed by atoms with E-state index in [0.717, 1.165) is 18.9 Å². The average Bonchev–Trinajstić information content (AvgIpc) is 3.23. The highest BCUT2D eigenvalue weighted by Gasteiger charge is 2.42. The average molecular weight is 296 g/mol. The van der Waals surface area contributed by atoms with Crippen LogP contribution in [0.25, 0.3) is 0 Å². The van der Waals surface area contributed by atoms with E-state index in [2.05, 4.69) is 31.0 Å². The number of nitrogens with one attached hydrogen (secondary N) is 1. The molecule has 0 amide bonds. The van der Waals surface area contributed by atoms with Crippen LogP contribution in [0, 0.1) is 5.92 Å². The van der Waals surface area contributed by atoms with Crippen molar-refractivity contribution in [3.05, 3.63) is 0 Å². The van der Waals surface area contributed by atoms with Crippen LogP contribution in [0.15, 0.2) is 0 Å². The van der Waals surface area contributed by atoms with E-state index in [1.165, 1.54) is 32.8 Å². The topological polar surface area (TPSA) is 41.6 Å². The molecule has 4 atom stereocenters. The Hall–Kier alpha value is -0.610. The van der Waals surface area contributed by atoms with Crippen molar-refractivity contribution in [2.45, 2.75) is 83.5 Å². The van der Waals surface area contributed by atoms with Crippen LogP contribution in [-0.2, 0) is 9.53 Å². The number of esters is 1. The molecule has 0 radical (unpaired) electrons. The first kappa shape index (κ1) is 16.8. The van der Waals surface area contributed by atoms with Crippen LogP contribution in [0.1, 0.15) is 59.8 Å².